The first-order chi connectivity index (χ1) is 8.40. The molecule has 0 radical (unpaired) electrons. The topological polar surface area (TPSA) is 35.3 Å². The second-order valence-corrected chi connectivity index (χ2v) is 3.96. The number of benzene rings is 1. The van der Waals surface area contributed by atoms with Crippen LogP contribution in [0.25, 0.3) is 11.3 Å². The maximum Gasteiger partial charge on any atom is 0.166 e. The molecule has 1 aromatic heterocycles. The first-order valence-corrected chi connectivity index (χ1v) is 6.04. The Labute approximate surface area is 101 Å². The summed E-state index contributed by atoms with van der Waals surface area (Å²) in [6, 6.07) is 9.73. The maximum atomic E-state index is 5.63. The Morgan fingerprint density at radius 2 is 1.94 bits per heavy atom. The summed E-state index contributed by atoms with van der Waals surface area (Å²) >= 11 is 0. The Morgan fingerprint density at radius 1 is 1.12 bits per heavy atom. The van der Waals surface area contributed by atoms with Crippen molar-refractivity contribution in [3.63, 3.8) is 0 Å². The van der Waals surface area contributed by atoms with E-state index >= 15 is 0 Å². The van der Waals surface area contributed by atoms with E-state index in [1.54, 1.807) is 6.20 Å². The van der Waals surface area contributed by atoms with E-state index in [9.17, 15) is 0 Å². The Balaban J connectivity index is 1.90. The summed E-state index contributed by atoms with van der Waals surface area (Å²) < 4.78 is 10.7. The van der Waals surface area contributed by atoms with Gasteiger partial charge in [0.25, 0.3) is 0 Å². The van der Waals surface area contributed by atoms with Crippen LogP contribution in [0.4, 0.5) is 0 Å². The quantitative estimate of drug-likeness (QED) is 0.707. The van der Waals surface area contributed by atoms with Crippen molar-refractivity contribution in [3.8, 4) is 17.1 Å². The van der Waals surface area contributed by atoms with Gasteiger partial charge in [-0.25, -0.2) is 0 Å². The van der Waals surface area contributed by atoms with Gasteiger partial charge < -0.3 is 9.26 Å². The van der Waals surface area contributed by atoms with E-state index in [0.29, 0.717) is 0 Å². The fourth-order valence-corrected chi connectivity index (χ4v) is 1.62. The van der Waals surface area contributed by atoms with Gasteiger partial charge in [0, 0.05) is 11.6 Å². The summed E-state index contributed by atoms with van der Waals surface area (Å²) in [5, 5.41) is 3.68. The molecule has 90 valence electrons. The lowest BCUT2D eigenvalue weighted by Crippen LogP contribution is -1.96. The third-order valence-corrected chi connectivity index (χ3v) is 2.59. The third-order valence-electron chi connectivity index (χ3n) is 2.59. The van der Waals surface area contributed by atoms with Gasteiger partial charge in [0.1, 0.15) is 5.75 Å². The molecule has 3 nitrogen and oxygen atoms in total. The Kier molecular flexibility index (Phi) is 4.19. The van der Waals surface area contributed by atoms with Crippen molar-refractivity contribution in [2.45, 2.75) is 26.2 Å². The molecular weight excluding hydrogens is 214 g/mol. The molecule has 0 amide bonds. The minimum absolute atomic E-state index is 0.780. The van der Waals surface area contributed by atoms with Gasteiger partial charge in [-0.3, -0.25) is 0 Å². The van der Waals surface area contributed by atoms with Crippen molar-refractivity contribution in [2.24, 2.45) is 0 Å². The van der Waals surface area contributed by atoms with Crippen molar-refractivity contribution in [3.05, 3.63) is 36.5 Å². The highest BCUT2D eigenvalue weighted by atomic mass is 16.5. The monoisotopic (exact) mass is 231 g/mol. The highest BCUT2D eigenvalue weighted by molar-refractivity contribution is 5.57. The van der Waals surface area contributed by atoms with Crippen molar-refractivity contribution in [2.75, 3.05) is 6.61 Å². The fourth-order valence-electron chi connectivity index (χ4n) is 1.62. The summed E-state index contributed by atoms with van der Waals surface area (Å²) in [5.74, 6) is 1.69. The maximum absolute atomic E-state index is 5.63. The van der Waals surface area contributed by atoms with Crippen LogP contribution in [0, 0.1) is 0 Å². The number of aromatic nitrogens is 1. The van der Waals surface area contributed by atoms with E-state index in [4.69, 9.17) is 9.26 Å². The minimum atomic E-state index is 0.780. The lowest BCUT2D eigenvalue weighted by atomic mass is 10.2. The van der Waals surface area contributed by atoms with Gasteiger partial charge in [-0.15, -0.1) is 0 Å². The van der Waals surface area contributed by atoms with Gasteiger partial charge >= 0.3 is 0 Å². The number of unbranched alkanes of at least 4 members (excludes halogenated alkanes) is 2. The zero-order valence-corrected chi connectivity index (χ0v) is 10.1. The molecule has 0 N–H and O–H groups in total. The molecule has 0 saturated carbocycles. The van der Waals surface area contributed by atoms with E-state index in [1.807, 2.05) is 30.3 Å². The molecule has 0 saturated heterocycles. The average Bonchev–Trinajstić information content (AvgIpc) is 2.89. The number of ether oxygens (including phenoxy) is 1. The van der Waals surface area contributed by atoms with E-state index in [0.717, 1.165) is 30.1 Å². The number of hydrogen-bond donors (Lipinski definition) is 0. The van der Waals surface area contributed by atoms with Gasteiger partial charge in [0.15, 0.2) is 5.76 Å². The highest BCUT2D eigenvalue weighted by Gasteiger charge is 2.01. The molecule has 3 heteroatoms. The second kappa shape index (κ2) is 6.09. The average molecular weight is 231 g/mol. The molecule has 0 fully saturated rings. The first-order valence-electron chi connectivity index (χ1n) is 6.04. The van der Waals surface area contributed by atoms with Crippen LogP contribution in [0.5, 0.6) is 5.75 Å². The second-order valence-electron chi connectivity index (χ2n) is 3.96. The van der Waals surface area contributed by atoms with Crippen molar-refractivity contribution < 1.29 is 9.26 Å². The summed E-state index contributed by atoms with van der Waals surface area (Å²) in [6.45, 7) is 2.97. The molecule has 0 bridgehead atoms. The number of hydrogen-bond acceptors (Lipinski definition) is 3. The largest absolute Gasteiger partial charge is 0.494 e. The van der Waals surface area contributed by atoms with Gasteiger partial charge in [-0.1, -0.05) is 24.9 Å². The van der Waals surface area contributed by atoms with Crippen LogP contribution in [-0.4, -0.2) is 11.8 Å². The molecule has 1 heterocycles. The summed E-state index contributed by atoms with van der Waals surface area (Å²) in [5.41, 5.74) is 1.02. The zero-order chi connectivity index (χ0) is 11.9. The van der Waals surface area contributed by atoms with Gasteiger partial charge in [0.05, 0.1) is 12.8 Å². The predicted molar refractivity (Wildman–Crippen MR) is 67.0 cm³/mol. The molecule has 0 spiro atoms. The fraction of sp³-hybridized carbons (Fsp3) is 0.357. The third kappa shape index (κ3) is 3.34. The Hall–Kier alpha value is -1.77. The standard InChI is InChI=1S/C14H17NO2/c1-2-3-4-11-16-13-7-5-12(6-8-13)14-9-10-15-17-14/h5-10H,2-4,11H2,1H3. The molecule has 0 unspecified atom stereocenters. The van der Waals surface area contributed by atoms with Crippen LogP contribution in [-0.2, 0) is 0 Å². The predicted octanol–water partition coefficient (Wildman–Crippen LogP) is 3.91. The molecule has 0 aliphatic carbocycles. The number of rotatable bonds is 6. The summed E-state index contributed by atoms with van der Waals surface area (Å²) in [4.78, 5) is 0. The van der Waals surface area contributed by atoms with Crippen molar-refractivity contribution >= 4 is 0 Å². The normalized spacial score (nSPS) is 10.4. The minimum Gasteiger partial charge on any atom is -0.494 e. The van der Waals surface area contributed by atoms with Crippen molar-refractivity contribution in [1.82, 2.24) is 5.16 Å². The lowest BCUT2D eigenvalue weighted by molar-refractivity contribution is 0.306. The molecular formula is C14H17NO2. The summed E-state index contributed by atoms with van der Waals surface area (Å²) in [7, 11) is 0. The van der Waals surface area contributed by atoms with Gasteiger partial charge in [0.2, 0.25) is 0 Å². The van der Waals surface area contributed by atoms with Crippen LogP contribution in [0.1, 0.15) is 26.2 Å². The van der Waals surface area contributed by atoms with Gasteiger partial charge in [-0.2, -0.15) is 0 Å². The smallest absolute Gasteiger partial charge is 0.166 e. The molecule has 1 aromatic carbocycles. The molecule has 0 aliphatic heterocycles. The van der Waals surface area contributed by atoms with E-state index in [1.165, 1.54) is 12.8 Å². The SMILES string of the molecule is CCCCCOc1ccc(-c2ccno2)cc1. The molecule has 0 atom stereocenters. The van der Waals surface area contributed by atoms with Crippen molar-refractivity contribution in [1.29, 1.82) is 0 Å². The van der Waals surface area contributed by atoms with E-state index < -0.39 is 0 Å². The van der Waals surface area contributed by atoms with E-state index in [2.05, 4.69) is 12.1 Å². The number of nitrogens with zero attached hydrogens (tertiary/aromatic N) is 1. The van der Waals surface area contributed by atoms with Crippen LogP contribution in [0.15, 0.2) is 41.1 Å². The molecule has 2 aromatic rings. The Bertz CT molecular complexity index is 420. The molecule has 2 rings (SSSR count). The molecule has 0 aliphatic rings. The first kappa shape index (κ1) is 11.7. The Morgan fingerprint density at radius 3 is 2.59 bits per heavy atom. The summed E-state index contributed by atoms with van der Waals surface area (Å²) in [6.07, 6.45) is 5.19. The molecule has 17 heavy (non-hydrogen) atoms. The van der Waals surface area contributed by atoms with Gasteiger partial charge in [-0.05, 0) is 30.7 Å². The van der Waals surface area contributed by atoms with Crippen LogP contribution >= 0.6 is 0 Å². The zero-order valence-electron chi connectivity index (χ0n) is 10.1. The highest BCUT2D eigenvalue weighted by Crippen LogP contribution is 2.21. The van der Waals surface area contributed by atoms with Crippen LogP contribution in [0.3, 0.4) is 0 Å². The lowest BCUT2D eigenvalue weighted by Gasteiger charge is -2.05. The van der Waals surface area contributed by atoms with E-state index in [-0.39, 0.29) is 0 Å². The van der Waals surface area contributed by atoms with Crippen LogP contribution in [0.2, 0.25) is 0 Å². The van der Waals surface area contributed by atoms with Crippen LogP contribution < -0.4 is 4.74 Å².